The van der Waals surface area contributed by atoms with Crippen LogP contribution in [0.3, 0.4) is 0 Å². The molecule has 3 rings (SSSR count). The van der Waals surface area contributed by atoms with E-state index in [2.05, 4.69) is 0 Å². The second-order valence-corrected chi connectivity index (χ2v) is 8.53. The molecule has 3 unspecified atom stereocenters. The van der Waals surface area contributed by atoms with E-state index in [9.17, 15) is 8.42 Å². The topological polar surface area (TPSA) is 40.6 Å². The Morgan fingerprint density at radius 2 is 1.63 bits per heavy atom. The van der Waals surface area contributed by atoms with E-state index >= 15 is 0 Å². The van der Waals surface area contributed by atoms with Crippen molar-refractivity contribution in [1.29, 1.82) is 0 Å². The third kappa shape index (κ3) is 2.67. The Kier molecular flexibility index (Phi) is 4.09. The van der Waals surface area contributed by atoms with Gasteiger partial charge >= 0.3 is 0 Å². The predicted octanol–water partition coefficient (Wildman–Crippen LogP) is 1.91. The summed E-state index contributed by atoms with van der Waals surface area (Å²) in [6.45, 7) is 2.77. The smallest absolute Gasteiger partial charge is 0.195 e. The van der Waals surface area contributed by atoms with Gasteiger partial charge < -0.3 is 0 Å². The maximum absolute atomic E-state index is 12.7. The lowest BCUT2D eigenvalue weighted by molar-refractivity contribution is 0.263. The van der Waals surface area contributed by atoms with Crippen LogP contribution in [-0.2, 0) is 10.2 Å². The standard InChI is InChI=1S/C13H23ClN2O2S/c14-7-11-3-2-6-15(8-11)19(17,18)16-9-12-4-1-5-13(12)10-16/h11-13H,1-10H2. The Bertz CT molecular complexity index is 406. The van der Waals surface area contributed by atoms with Crippen LogP contribution in [0.1, 0.15) is 32.1 Å². The molecule has 0 radical (unpaired) electrons. The molecule has 0 aromatic carbocycles. The van der Waals surface area contributed by atoms with Gasteiger partial charge in [-0.15, -0.1) is 11.6 Å². The molecule has 0 spiro atoms. The summed E-state index contributed by atoms with van der Waals surface area (Å²) in [5.41, 5.74) is 0. The van der Waals surface area contributed by atoms with Crippen LogP contribution in [0, 0.1) is 17.8 Å². The Labute approximate surface area is 121 Å². The van der Waals surface area contributed by atoms with Crippen LogP contribution in [-0.4, -0.2) is 49.1 Å². The molecule has 0 bridgehead atoms. The molecule has 2 saturated heterocycles. The Morgan fingerprint density at radius 1 is 0.947 bits per heavy atom. The Hall–Kier alpha value is 0.160. The van der Waals surface area contributed by atoms with Crippen molar-refractivity contribution in [2.24, 2.45) is 17.8 Å². The van der Waals surface area contributed by atoms with Gasteiger partial charge in [-0.25, -0.2) is 0 Å². The average molecular weight is 307 g/mol. The van der Waals surface area contributed by atoms with E-state index in [1.807, 2.05) is 0 Å². The molecule has 4 nitrogen and oxygen atoms in total. The lowest BCUT2D eigenvalue weighted by Gasteiger charge is -2.33. The third-order valence-corrected chi connectivity index (χ3v) is 7.42. The van der Waals surface area contributed by atoms with E-state index < -0.39 is 10.2 Å². The zero-order valence-corrected chi connectivity index (χ0v) is 12.9. The van der Waals surface area contributed by atoms with Crippen molar-refractivity contribution in [2.45, 2.75) is 32.1 Å². The molecular weight excluding hydrogens is 284 g/mol. The normalized spacial score (nSPS) is 37.6. The SMILES string of the molecule is O=S(=O)(N1CCCC(CCl)C1)N1CC2CCCC2C1. The molecule has 6 heteroatoms. The number of halogens is 1. The lowest BCUT2D eigenvalue weighted by atomic mass is 10.0. The van der Waals surface area contributed by atoms with E-state index in [4.69, 9.17) is 11.6 Å². The molecule has 1 saturated carbocycles. The van der Waals surface area contributed by atoms with Crippen LogP contribution in [0.2, 0.25) is 0 Å². The fourth-order valence-electron chi connectivity index (χ4n) is 3.91. The molecule has 1 aliphatic carbocycles. The zero-order valence-electron chi connectivity index (χ0n) is 11.3. The van der Waals surface area contributed by atoms with Crippen molar-refractivity contribution in [3.05, 3.63) is 0 Å². The largest absolute Gasteiger partial charge is 0.282 e. The first-order chi connectivity index (χ1) is 9.11. The summed E-state index contributed by atoms with van der Waals surface area (Å²) in [6.07, 6.45) is 5.70. The monoisotopic (exact) mass is 306 g/mol. The summed E-state index contributed by atoms with van der Waals surface area (Å²) in [4.78, 5) is 0. The van der Waals surface area contributed by atoms with Gasteiger partial charge in [0.05, 0.1) is 0 Å². The fourth-order valence-corrected chi connectivity index (χ4v) is 6.00. The highest BCUT2D eigenvalue weighted by molar-refractivity contribution is 7.86. The first-order valence-corrected chi connectivity index (χ1v) is 9.35. The summed E-state index contributed by atoms with van der Waals surface area (Å²) in [7, 11) is -3.24. The number of nitrogens with zero attached hydrogens (tertiary/aromatic N) is 2. The summed E-state index contributed by atoms with van der Waals surface area (Å²) < 4.78 is 28.8. The van der Waals surface area contributed by atoms with E-state index in [1.165, 1.54) is 19.3 Å². The minimum atomic E-state index is -3.24. The van der Waals surface area contributed by atoms with Crippen molar-refractivity contribution >= 4 is 21.8 Å². The Balaban J connectivity index is 1.69. The van der Waals surface area contributed by atoms with Gasteiger partial charge in [0.2, 0.25) is 0 Å². The highest BCUT2D eigenvalue weighted by Gasteiger charge is 2.43. The van der Waals surface area contributed by atoms with Crippen LogP contribution in [0.5, 0.6) is 0 Å². The molecule has 3 fully saturated rings. The number of piperidine rings is 1. The summed E-state index contributed by atoms with van der Waals surface area (Å²) in [5, 5.41) is 0. The van der Waals surface area contributed by atoms with Crippen LogP contribution < -0.4 is 0 Å². The quantitative estimate of drug-likeness (QED) is 0.747. The van der Waals surface area contributed by atoms with Crippen molar-refractivity contribution in [1.82, 2.24) is 8.61 Å². The first kappa shape index (κ1) is 14.1. The van der Waals surface area contributed by atoms with E-state index in [1.54, 1.807) is 8.61 Å². The van der Waals surface area contributed by atoms with Gasteiger partial charge in [-0.1, -0.05) is 6.42 Å². The van der Waals surface area contributed by atoms with Gasteiger partial charge in [-0.05, 0) is 43.4 Å². The highest BCUT2D eigenvalue weighted by Crippen LogP contribution is 2.39. The van der Waals surface area contributed by atoms with Crippen molar-refractivity contribution in [3.8, 4) is 0 Å². The summed E-state index contributed by atoms with van der Waals surface area (Å²) >= 11 is 5.90. The van der Waals surface area contributed by atoms with Gasteiger partial charge in [-0.2, -0.15) is 17.0 Å². The molecule has 3 atom stereocenters. The molecule has 110 valence electrons. The van der Waals surface area contributed by atoms with Crippen molar-refractivity contribution in [3.63, 3.8) is 0 Å². The maximum atomic E-state index is 12.7. The molecule has 0 N–H and O–H groups in total. The number of fused-ring (bicyclic) bond motifs is 1. The predicted molar refractivity (Wildman–Crippen MR) is 76.3 cm³/mol. The molecule has 3 aliphatic rings. The molecule has 0 amide bonds. The van der Waals surface area contributed by atoms with Gasteiger partial charge in [0.15, 0.2) is 0 Å². The number of hydrogen-bond donors (Lipinski definition) is 0. The second kappa shape index (κ2) is 5.51. The van der Waals surface area contributed by atoms with Gasteiger partial charge in [-0.3, -0.25) is 0 Å². The van der Waals surface area contributed by atoms with E-state index in [0.29, 0.717) is 36.7 Å². The highest BCUT2D eigenvalue weighted by atomic mass is 35.5. The van der Waals surface area contributed by atoms with Crippen molar-refractivity contribution in [2.75, 3.05) is 32.1 Å². The number of hydrogen-bond acceptors (Lipinski definition) is 2. The van der Waals surface area contributed by atoms with Crippen LogP contribution in [0.25, 0.3) is 0 Å². The molecular formula is C13H23ClN2O2S. The Morgan fingerprint density at radius 3 is 2.26 bits per heavy atom. The minimum absolute atomic E-state index is 0.326. The van der Waals surface area contributed by atoms with Crippen LogP contribution >= 0.6 is 11.6 Å². The lowest BCUT2D eigenvalue weighted by Crippen LogP contribution is -2.47. The molecule has 0 aromatic rings. The number of alkyl halides is 1. The molecule has 2 heterocycles. The van der Waals surface area contributed by atoms with E-state index in [0.717, 1.165) is 25.9 Å². The third-order valence-electron chi connectivity index (χ3n) is 5.05. The van der Waals surface area contributed by atoms with Gasteiger partial charge in [0, 0.05) is 32.1 Å². The van der Waals surface area contributed by atoms with Crippen LogP contribution in [0.15, 0.2) is 0 Å². The zero-order chi connectivity index (χ0) is 13.5. The molecule has 2 aliphatic heterocycles. The van der Waals surface area contributed by atoms with Gasteiger partial charge in [0.1, 0.15) is 0 Å². The van der Waals surface area contributed by atoms with Gasteiger partial charge in [0.25, 0.3) is 10.2 Å². The molecule has 0 aromatic heterocycles. The molecule has 19 heavy (non-hydrogen) atoms. The minimum Gasteiger partial charge on any atom is -0.195 e. The van der Waals surface area contributed by atoms with Crippen LogP contribution in [0.4, 0.5) is 0 Å². The second-order valence-electron chi connectivity index (χ2n) is 6.30. The maximum Gasteiger partial charge on any atom is 0.282 e. The first-order valence-electron chi connectivity index (χ1n) is 7.42. The average Bonchev–Trinajstić information content (AvgIpc) is 2.99. The van der Waals surface area contributed by atoms with Crippen molar-refractivity contribution < 1.29 is 8.42 Å². The summed E-state index contributed by atoms with van der Waals surface area (Å²) in [6, 6.07) is 0. The number of rotatable bonds is 3. The summed E-state index contributed by atoms with van der Waals surface area (Å²) in [5.74, 6) is 2.12. The van der Waals surface area contributed by atoms with E-state index in [-0.39, 0.29) is 0 Å². The fraction of sp³-hybridized carbons (Fsp3) is 1.00.